The number of nitrogens with one attached hydrogen (secondary N) is 3. The van der Waals surface area contributed by atoms with Gasteiger partial charge in [0.05, 0.1) is 6.54 Å². The molecule has 3 N–H and O–H groups in total. The van der Waals surface area contributed by atoms with Gasteiger partial charge in [0, 0.05) is 25.6 Å². The topological polar surface area (TPSA) is 70.2 Å². The van der Waals surface area contributed by atoms with E-state index in [0.29, 0.717) is 25.6 Å². The molecular formula is C12H23N3O2. The van der Waals surface area contributed by atoms with E-state index in [4.69, 9.17) is 0 Å². The maximum Gasteiger partial charge on any atom is 0.233 e. The number of carbonyl (C=O) groups is 2. The number of hydrogen-bond donors (Lipinski definition) is 3. The molecule has 2 amide bonds. The van der Waals surface area contributed by atoms with E-state index in [1.807, 2.05) is 0 Å². The maximum absolute atomic E-state index is 11.3. The molecule has 5 heteroatoms. The molecule has 0 saturated heterocycles. The molecule has 1 aliphatic rings. The summed E-state index contributed by atoms with van der Waals surface area (Å²) in [6.45, 7) is 3.67. The van der Waals surface area contributed by atoms with Gasteiger partial charge in [0.2, 0.25) is 11.8 Å². The van der Waals surface area contributed by atoms with E-state index >= 15 is 0 Å². The van der Waals surface area contributed by atoms with Crippen molar-refractivity contribution in [2.45, 2.75) is 45.1 Å². The van der Waals surface area contributed by atoms with E-state index in [9.17, 15) is 9.59 Å². The molecule has 0 aliphatic heterocycles. The molecule has 0 aromatic carbocycles. The minimum Gasteiger partial charge on any atom is -0.355 e. The smallest absolute Gasteiger partial charge is 0.233 e. The fraction of sp³-hybridized carbons (Fsp3) is 0.833. The Morgan fingerprint density at radius 2 is 1.94 bits per heavy atom. The van der Waals surface area contributed by atoms with Gasteiger partial charge in [-0.2, -0.15) is 0 Å². The minimum absolute atomic E-state index is 0.000973. The largest absolute Gasteiger partial charge is 0.355 e. The van der Waals surface area contributed by atoms with Gasteiger partial charge in [0.15, 0.2) is 0 Å². The van der Waals surface area contributed by atoms with E-state index in [-0.39, 0.29) is 11.8 Å². The average Bonchev–Trinajstić information content (AvgIpc) is 3.09. The summed E-state index contributed by atoms with van der Waals surface area (Å²) in [5.41, 5.74) is 0. The summed E-state index contributed by atoms with van der Waals surface area (Å²) in [6.07, 6.45) is 4.75. The van der Waals surface area contributed by atoms with E-state index in [1.54, 1.807) is 0 Å². The van der Waals surface area contributed by atoms with E-state index < -0.39 is 0 Å². The van der Waals surface area contributed by atoms with Gasteiger partial charge in [-0.1, -0.05) is 13.3 Å². The molecule has 1 aliphatic carbocycles. The van der Waals surface area contributed by atoms with Crippen LogP contribution in [0.5, 0.6) is 0 Å². The lowest BCUT2D eigenvalue weighted by Crippen LogP contribution is -2.36. The SMILES string of the molecule is CCCCNC(=O)CNCCC(=O)NC1CC1. The van der Waals surface area contributed by atoms with Crippen LogP contribution in [0, 0.1) is 0 Å². The van der Waals surface area contributed by atoms with Gasteiger partial charge in [-0.15, -0.1) is 0 Å². The molecule has 0 aromatic heterocycles. The highest BCUT2D eigenvalue weighted by atomic mass is 16.2. The van der Waals surface area contributed by atoms with Gasteiger partial charge >= 0.3 is 0 Å². The molecule has 1 saturated carbocycles. The zero-order chi connectivity index (χ0) is 12.5. The highest BCUT2D eigenvalue weighted by molar-refractivity contribution is 5.78. The Bertz CT molecular complexity index is 252. The van der Waals surface area contributed by atoms with Crippen molar-refractivity contribution in [2.75, 3.05) is 19.6 Å². The van der Waals surface area contributed by atoms with Crippen molar-refractivity contribution in [1.29, 1.82) is 0 Å². The second-order valence-electron chi connectivity index (χ2n) is 4.47. The first kappa shape index (κ1) is 14.0. The highest BCUT2D eigenvalue weighted by Crippen LogP contribution is 2.18. The van der Waals surface area contributed by atoms with Crippen molar-refractivity contribution >= 4 is 11.8 Å². The molecule has 1 rings (SSSR count). The third-order valence-corrected chi connectivity index (χ3v) is 2.61. The first-order valence-electron chi connectivity index (χ1n) is 6.49. The fourth-order valence-corrected chi connectivity index (χ4v) is 1.40. The van der Waals surface area contributed by atoms with Crippen molar-refractivity contribution in [2.24, 2.45) is 0 Å². The average molecular weight is 241 g/mol. The number of rotatable bonds is 9. The minimum atomic E-state index is 0.000973. The molecule has 0 heterocycles. The lowest BCUT2D eigenvalue weighted by atomic mass is 10.3. The second kappa shape index (κ2) is 8.06. The summed E-state index contributed by atoms with van der Waals surface area (Å²) in [7, 11) is 0. The van der Waals surface area contributed by atoms with Gasteiger partial charge in [0.25, 0.3) is 0 Å². The number of hydrogen-bond acceptors (Lipinski definition) is 3. The van der Waals surface area contributed by atoms with Crippen LogP contribution < -0.4 is 16.0 Å². The van der Waals surface area contributed by atoms with Crippen LogP contribution >= 0.6 is 0 Å². The maximum atomic E-state index is 11.3. The zero-order valence-electron chi connectivity index (χ0n) is 10.6. The zero-order valence-corrected chi connectivity index (χ0v) is 10.6. The Hall–Kier alpha value is -1.10. The third kappa shape index (κ3) is 7.74. The molecule has 0 unspecified atom stereocenters. The van der Waals surface area contributed by atoms with Gasteiger partial charge in [-0.3, -0.25) is 9.59 Å². The molecule has 0 radical (unpaired) electrons. The van der Waals surface area contributed by atoms with Gasteiger partial charge < -0.3 is 16.0 Å². The van der Waals surface area contributed by atoms with Crippen LogP contribution in [0.1, 0.15) is 39.0 Å². The van der Waals surface area contributed by atoms with Crippen molar-refractivity contribution in [3.05, 3.63) is 0 Å². The lowest BCUT2D eigenvalue weighted by Gasteiger charge is -2.06. The van der Waals surface area contributed by atoms with E-state index in [1.165, 1.54) is 0 Å². The first-order valence-corrected chi connectivity index (χ1v) is 6.49. The first-order chi connectivity index (χ1) is 8.22. The Morgan fingerprint density at radius 3 is 2.59 bits per heavy atom. The van der Waals surface area contributed by atoms with Crippen molar-refractivity contribution in [3.63, 3.8) is 0 Å². The van der Waals surface area contributed by atoms with E-state index in [0.717, 1.165) is 32.2 Å². The third-order valence-electron chi connectivity index (χ3n) is 2.61. The summed E-state index contributed by atoms with van der Waals surface area (Å²) in [5.74, 6) is 0.0763. The molecule has 0 atom stereocenters. The molecule has 0 aromatic rings. The van der Waals surface area contributed by atoms with Crippen LogP contribution in [0.3, 0.4) is 0 Å². The van der Waals surface area contributed by atoms with Gasteiger partial charge in [0.1, 0.15) is 0 Å². The summed E-state index contributed by atoms with van der Waals surface area (Å²) in [4.78, 5) is 22.6. The molecule has 17 heavy (non-hydrogen) atoms. The summed E-state index contributed by atoms with van der Waals surface area (Å²) in [6, 6.07) is 0.417. The van der Waals surface area contributed by atoms with Crippen molar-refractivity contribution in [1.82, 2.24) is 16.0 Å². The Morgan fingerprint density at radius 1 is 1.18 bits per heavy atom. The Labute approximate surface area is 103 Å². The molecule has 98 valence electrons. The van der Waals surface area contributed by atoms with Crippen LogP contribution in [0.2, 0.25) is 0 Å². The highest BCUT2D eigenvalue weighted by Gasteiger charge is 2.22. The number of amides is 2. The quantitative estimate of drug-likeness (QED) is 0.504. The molecule has 5 nitrogen and oxygen atoms in total. The Balaban J connectivity index is 1.88. The van der Waals surface area contributed by atoms with Crippen LogP contribution in [0.25, 0.3) is 0 Å². The molecular weight excluding hydrogens is 218 g/mol. The molecule has 1 fully saturated rings. The second-order valence-corrected chi connectivity index (χ2v) is 4.47. The molecule has 0 spiro atoms. The predicted octanol–water partition coefficient (Wildman–Crippen LogP) is 0.161. The number of unbranched alkanes of at least 4 members (excludes halogenated alkanes) is 1. The van der Waals surface area contributed by atoms with Crippen molar-refractivity contribution < 1.29 is 9.59 Å². The molecule has 0 bridgehead atoms. The van der Waals surface area contributed by atoms with Crippen molar-refractivity contribution in [3.8, 4) is 0 Å². The summed E-state index contributed by atoms with van der Waals surface area (Å²) in [5, 5.41) is 8.68. The summed E-state index contributed by atoms with van der Waals surface area (Å²) < 4.78 is 0. The van der Waals surface area contributed by atoms with Gasteiger partial charge in [-0.05, 0) is 19.3 Å². The monoisotopic (exact) mass is 241 g/mol. The number of carbonyl (C=O) groups excluding carboxylic acids is 2. The Kier molecular flexibility index (Phi) is 6.62. The normalized spacial score (nSPS) is 14.4. The standard InChI is InChI=1S/C12H23N3O2/c1-2-3-7-14-12(17)9-13-8-6-11(16)15-10-4-5-10/h10,13H,2-9H2,1H3,(H,14,17)(H,15,16). The van der Waals surface area contributed by atoms with Crippen LogP contribution in [-0.4, -0.2) is 37.5 Å². The van der Waals surface area contributed by atoms with Crippen LogP contribution in [0.15, 0.2) is 0 Å². The van der Waals surface area contributed by atoms with Crippen LogP contribution in [0.4, 0.5) is 0 Å². The summed E-state index contributed by atoms with van der Waals surface area (Å²) >= 11 is 0. The fourth-order valence-electron chi connectivity index (χ4n) is 1.40. The lowest BCUT2D eigenvalue weighted by molar-refractivity contribution is -0.122. The van der Waals surface area contributed by atoms with Gasteiger partial charge in [-0.25, -0.2) is 0 Å². The van der Waals surface area contributed by atoms with E-state index in [2.05, 4.69) is 22.9 Å². The predicted molar refractivity (Wildman–Crippen MR) is 66.6 cm³/mol. The van der Waals surface area contributed by atoms with Crippen LogP contribution in [-0.2, 0) is 9.59 Å².